The number of nitrogens with one attached hydrogen (secondary N) is 1. The average Bonchev–Trinajstić information content (AvgIpc) is 2.74. The number of aliphatic imine (C=N–C) groups is 1. The molecule has 1 fully saturated rings. The third-order valence-electron chi connectivity index (χ3n) is 3.92. The molecular formula is C13H20N4O2S. The van der Waals surface area contributed by atoms with Crippen LogP contribution >= 0.6 is 10.0 Å². The summed E-state index contributed by atoms with van der Waals surface area (Å²) in [5.41, 5.74) is 8.03. The van der Waals surface area contributed by atoms with E-state index in [0.29, 0.717) is 6.61 Å². The molecule has 7 heteroatoms. The summed E-state index contributed by atoms with van der Waals surface area (Å²) in [6.07, 6.45) is 1.51. The number of carbonyl (C=O) groups excluding carboxylic acids is 1. The molecule has 3 rings (SSSR count). The molecule has 110 valence electrons. The molecular weight excluding hydrogens is 276 g/mol. The number of amides is 1. The van der Waals surface area contributed by atoms with Gasteiger partial charge in [0.1, 0.15) is 0 Å². The zero-order valence-electron chi connectivity index (χ0n) is 11.6. The quantitative estimate of drug-likeness (QED) is 0.754. The number of ether oxygens (including phenoxy) is 1. The molecule has 0 saturated carbocycles. The fourth-order valence-electron chi connectivity index (χ4n) is 2.87. The van der Waals surface area contributed by atoms with Gasteiger partial charge in [0.2, 0.25) is 0 Å². The molecule has 0 unspecified atom stereocenters. The number of nitrogens with zero attached hydrogens (tertiary/aromatic N) is 2. The van der Waals surface area contributed by atoms with E-state index < -0.39 is 10.0 Å². The monoisotopic (exact) mass is 296 g/mol. The molecule has 0 aromatic carbocycles. The molecule has 0 bridgehead atoms. The highest BCUT2D eigenvalue weighted by molar-refractivity contribution is 8.39. The fraction of sp³-hybridized carbons (Fsp3) is 0.538. The summed E-state index contributed by atoms with van der Waals surface area (Å²) in [5, 5.41) is 5.39. The Labute approximate surface area is 120 Å². The molecule has 20 heavy (non-hydrogen) atoms. The summed E-state index contributed by atoms with van der Waals surface area (Å²) in [5.74, 6) is 1.92. The van der Waals surface area contributed by atoms with Crippen molar-refractivity contribution in [3.63, 3.8) is 0 Å². The molecule has 1 spiro atoms. The topological polar surface area (TPSA) is 80.0 Å². The van der Waals surface area contributed by atoms with Crippen LogP contribution in [0.3, 0.4) is 0 Å². The molecule has 1 amide bonds. The third-order valence-corrected chi connectivity index (χ3v) is 7.76. The molecule has 0 aliphatic carbocycles. The van der Waals surface area contributed by atoms with Crippen LogP contribution in [0.25, 0.3) is 0 Å². The van der Waals surface area contributed by atoms with Crippen molar-refractivity contribution in [2.75, 3.05) is 37.7 Å². The van der Waals surface area contributed by atoms with Crippen LogP contribution in [0.5, 0.6) is 0 Å². The maximum atomic E-state index is 11.8. The highest BCUT2D eigenvalue weighted by Gasteiger charge is 2.39. The Kier molecular flexibility index (Phi) is 3.37. The zero-order chi connectivity index (χ0) is 14.2. The van der Waals surface area contributed by atoms with Crippen LogP contribution in [0.4, 0.5) is 4.79 Å². The van der Waals surface area contributed by atoms with Crippen LogP contribution in [0.1, 0.15) is 6.92 Å². The van der Waals surface area contributed by atoms with Crippen molar-refractivity contribution in [3.8, 4) is 0 Å². The van der Waals surface area contributed by atoms with Gasteiger partial charge in [0.15, 0.2) is 0 Å². The lowest BCUT2D eigenvalue weighted by Gasteiger charge is -2.44. The van der Waals surface area contributed by atoms with Crippen molar-refractivity contribution in [3.05, 3.63) is 21.7 Å². The van der Waals surface area contributed by atoms with Crippen LogP contribution in [0, 0.1) is 0 Å². The Hall–Kier alpha value is -1.63. The van der Waals surface area contributed by atoms with Crippen molar-refractivity contribution in [2.24, 2.45) is 10.7 Å². The van der Waals surface area contributed by atoms with Gasteiger partial charge in [-0.05, 0) is 12.3 Å². The normalized spacial score (nSPS) is 25.1. The van der Waals surface area contributed by atoms with Crippen molar-refractivity contribution < 1.29 is 9.53 Å². The van der Waals surface area contributed by atoms with E-state index in [4.69, 9.17) is 10.5 Å². The first-order chi connectivity index (χ1) is 9.66. The standard InChI is InChI=1S/C13H20N4O2S/c1-2-19-13(18)17-3-5-20(6-4-17)8-10(14)12-11(20)7-15-9-16-12/h8-9H,2-7,14H2,1H3,(H,15,16). The Morgan fingerprint density at radius 1 is 1.55 bits per heavy atom. The molecule has 0 atom stereocenters. The van der Waals surface area contributed by atoms with Gasteiger partial charge in [-0.3, -0.25) is 4.99 Å². The Balaban J connectivity index is 1.74. The van der Waals surface area contributed by atoms with Gasteiger partial charge < -0.3 is 20.7 Å². The predicted molar refractivity (Wildman–Crippen MR) is 81.7 cm³/mol. The van der Waals surface area contributed by atoms with E-state index in [2.05, 4.69) is 15.7 Å². The van der Waals surface area contributed by atoms with Gasteiger partial charge in [0, 0.05) is 29.5 Å². The first kappa shape index (κ1) is 13.4. The van der Waals surface area contributed by atoms with Crippen molar-refractivity contribution in [1.82, 2.24) is 10.2 Å². The molecule has 3 heterocycles. The molecule has 6 nitrogen and oxygen atoms in total. The number of fused-ring (bicyclic) bond motifs is 1. The van der Waals surface area contributed by atoms with Crippen molar-refractivity contribution in [1.29, 1.82) is 0 Å². The van der Waals surface area contributed by atoms with Crippen LogP contribution in [0.15, 0.2) is 26.7 Å². The van der Waals surface area contributed by atoms with E-state index in [1.807, 2.05) is 6.92 Å². The number of rotatable bonds is 1. The SMILES string of the molecule is CCOC(=O)N1CCS2(C=C(N)C3=C2CN=CN3)CC1. The van der Waals surface area contributed by atoms with E-state index in [9.17, 15) is 4.79 Å². The van der Waals surface area contributed by atoms with Crippen LogP contribution in [-0.4, -0.2) is 55.1 Å². The third kappa shape index (κ3) is 2.06. The lowest BCUT2D eigenvalue weighted by molar-refractivity contribution is 0.111. The summed E-state index contributed by atoms with van der Waals surface area (Å²) in [7, 11) is -1.03. The first-order valence-electron chi connectivity index (χ1n) is 6.82. The minimum Gasteiger partial charge on any atom is -0.450 e. The Morgan fingerprint density at radius 3 is 3.00 bits per heavy atom. The summed E-state index contributed by atoms with van der Waals surface area (Å²) < 4.78 is 5.07. The van der Waals surface area contributed by atoms with Crippen LogP contribution in [-0.2, 0) is 4.74 Å². The largest absolute Gasteiger partial charge is 0.450 e. The second-order valence-electron chi connectivity index (χ2n) is 5.02. The van der Waals surface area contributed by atoms with Gasteiger partial charge in [-0.2, -0.15) is 10.0 Å². The maximum Gasteiger partial charge on any atom is 0.409 e. The second kappa shape index (κ2) is 5.05. The average molecular weight is 296 g/mol. The van der Waals surface area contributed by atoms with Crippen molar-refractivity contribution in [2.45, 2.75) is 6.92 Å². The van der Waals surface area contributed by atoms with Gasteiger partial charge in [-0.15, -0.1) is 0 Å². The minimum absolute atomic E-state index is 0.203. The lowest BCUT2D eigenvalue weighted by atomic mass is 10.3. The fourth-order valence-corrected chi connectivity index (χ4v) is 6.56. The van der Waals surface area contributed by atoms with E-state index in [-0.39, 0.29) is 6.09 Å². The summed E-state index contributed by atoms with van der Waals surface area (Å²) >= 11 is 0. The summed E-state index contributed by atoms with van der Waals surface area (Å²) in [6, 6.07) is 0. The molecule has 0 aromatic rings. The molecule has 3 aliphatic rings. The van der Waals surface area contributed by atoms with E-state index in [1.165, 1.54) is 4.91 Å². The molecule has 0 radical (unpaired) electrons. The minimum atomic E-state index is -1.03. The lowest BCUT2D eigenvalue weighted by Crippen LogP contribution is -2.42. The molecule has 1 saturated heterocycles. The number of hydrogen-bond acceptors (Lipinski definition) is 5. The molecule has 3 N–H and O–H groups in total. The van der Waals surface area contributed by atoms with E-state index in [0.717, 1.165) is 42.5 Å². The zero-order valence-corrected chi connectivity index (χ0v) is 12.4. The number of nitrogens with two attached hydrogens (primary N) is 1. The highest BCUT2D eigenvalue weighted by Crippen LogP contribution is 2.63. The first-order valence-corrected chi connectivity index (χ1v) is 8.86. The predicted octanol–water partition coefficient (Wildman–Crippen LogP) is 0.920. The van der Waals surface area contributed by atoms with Gasteiger partial charge >= 0.3 is 6.09 Å². The van der Waals surface area contributed by atoms with Gasteiger partial charge in [0.25, 0.3) is 0 Å². The van der Waals surface area contributed by atoms with E-state index >= 15 is 0 Å². The summed E-state index contributed by atoms with van der Waals surface area (Å²) in [4.78, 5) is 19.2. The molecule has 0 aromatic heterocycles. The second-order valence-corrected chi connectivity index (χ2v) is 8.46. The van der Waals surface area contributed by atoms with Crippen LogP contribution in [0.2, 0.25) is 0 Å². The number of carbonyl (C=O) groups is 1. The van der Waals surface area contributed by atoms with Crippen LogP contribution < -0.4 is 11.1 Å². The maximum absolute atomic E-state index is 11.8. The molecule has 3 aliphatic heterocycles. The smallest absolute Gasteiger partial charge is 0.409 e. The van der Waals surface area contributed by atoms with Crippen molar-refractivity contribution >= 4 is 22.5 Å². The number of hydrogen-bond donors (Lipinski definition) is 2. The summed E-state index contributed by atoms with van der Waals surface area (Å²) in [6.45, 7) is 4.46. The Morgan fingerprint density at radius 2 is 2.30 bits per heavy atom. The van der Waals surface area contributed by atoms with Gasteiger partial charge in [-0.1, -0.05) is 0 Å². The Bertz CT molecular complexity index is 518. The van der Waals surface area contributed by atoms with Gasteiger partial charge in [0.05, 0.1) is 30.9 Å². The highest BCUT2D eigenvalue weighted by atomic mass is 32.3. The van der Waals surface area contributed by atoms with E-state index in [1.54, 1.807) is 11.2 Å². The van der Waals surface area contributed by atoms with Gasteiger partial charge in [-0.25, -0.2) is 4.79 Å².